The van der Waals surface area contributed by atoms with Crippen molar-refractivity contribution in [2.45, 2.75) is 20.3 Å². The third-order valence-corrected chi connectivity index (χ3v) is 4.51. The number of aryl methyl sites for hydroxylation is 2. The maximum absolute atomic E-state index is 9.41. The van der Waals surface area contributed by atoms with Gasteiger partial charge in [0.05, 0.1) is 6.26 Å². The number of fused-ring (bicyclic) bond motifs is 2. The summed E-state index contributed by atoms with van der Waals surface area (Å²) >= 11 is 0. The summed E-state index contributed by atoms with van der Waals surface area (Å²) in [6.07, 6.45) is 2.38. The van der Waals surface area contributed by atoms with E-state index in [9.17, 15) is 5.21 Å². The van der Waals surface area contributed by atoms with Crippen LogP contribution in [0.3, 0.4) is 0 Å². The highest BCUT2D eigenvalue weighted by atomic mass is 16.5. The highest BCUT2D eigenvalue weighted by Gasteiger charge is 2.14. The molecule has 0 aliphatic carbocycles. The van der Waals surface area contributed by atoms with Crippen LogP contribution >= 0.6 is 0 Å². The molecule has 0 amide bonds. The summed E-state index contributed by atoms with van der Waals surface area (Å²) in [6, 6.07) is 14.0. The van der Waals surface area contributed by atoms with E-state index in [1.807, 2.05) is 50.2 Å². The van der Waals surface area contributed by atoms with Crippen molar-refractivity contribution < 1.29 is 14.0 Å². The summed E-state index contributed by atoms with van der Waals surface area (Å²) in [5.41, 5.74) is 5.83. The van der Waals surface area contributed by atoms with E-state index in [1.165, 1.54) is 0 Å². The Balaban J connectivity index is 2.00. The predicted molar refractivity (Wildman–Crippen MR) is 92.1 cm³/mol. The van der Waals surface area contributed by atoms with Crippen molar-refractivity contribution in [2.75, 3.05) is 0 Å². The van der Waals surface area contributed by atoms with Crippen LogP contribution in [-0.2, 0) is 6.42 Å². The Labute approximate surface area is 138 Å². The number of furan rings is 1. The molecule has 120 valence electrons. The molecule has 0 bridgehead atoms. The van der Waals surface area contributed by atoms with Crippen molar-refractivity contribution >= 4 is 21.9 Å². The molecule has 0 fully saturated rings. The summed E-state index contributed by atoms with van der Waals surface area (Å²) in [5.74, 6) is 0. The Morgan fingerprint density at radius 1 is 1.00 bits per heavy atom. The Bertz CT molecular complexity index is 1100. The van der Waals surface area contributed by atoms with Gasteiger partial charge in [-0.3, -0.25) is 0 Å². The second-order valence-electron chi connectivity index (χ2n) is 6.04. The van der Waals surface area contributed by atoms with Crippen LogP contribution in [0.2, 0.25) is 0 Å². The first kappa shape index (κ1) is 14.6. The average molecular weight is 319 g/mol. The minimum Gasteiger partial charge on any atom is -0.464 e. The molecule has 4 rings (SSSR count). The molecule has 2 aromatic heterocycles. The molecule has 4 aromatic rings. The minimum absolute atomic E-state index is 0.242. The van der Waals surface area contributed by atoms with Crippen molar-refractivity contribution in [3.63, 3.8) is 0 Å². The lowest BCUT2D eigenvalue weighted by Crippen LogP contribution is -2.13. The van der Waals surface area contributed by atoms with E-state index in [1.54, 1.807) is 6.26 Å². The summed E-state index contributed by atoms with van der Waals surface area (Å²) < 4.78 is 11.4. The van der Waals surface area contributed by atoms with Crippen molar-refractivity contribution in [1.82, 2.24) is 0 Å². The smallest absolute Gasteiger partial charge is 0.259 e. The quantitative estimate of drug-likeness (QED) is 0.431. The van der Waals surface area contributed by atoms with E-state index in [2.05, 4.69) is 11.2 Å². The number of nitrogens with zero attached hydrogens (tertiary/aromatic N) is 1. The zero-order valence-corrected chi connectivity index (χ0v) is 13.5. The Morgan fingerprint density at radius 3 is 2.54 bits per heavy atom. The zero-order chi connectivity index (χ0) is 16.7. The molecule has 0 saturated carbocycles. The molecular formula is C20H17NO3. The average Bonchev–Trinajstić information content (AvgIpc) is 2.97. The van der Waals surface area contributed by atoms with Crippen LogP contribution < -0.4 is 5.55 Å². The predicted octanol–water partition coefficient (Wildman–Crippen LogP) is 4.68. The molecule has 2 aromatic carbocycles. The van der Waals surface area contributed by atoms with Gasteiger partial charge in [-0.1, -0.05) is 30.3 Å². The standard InChI is InChI=1S/C20H17NO3/c1-12-11-23-18-10-19-16(9-15(12)18)13(2)17(20(21-22)24-19)8-14-6-4-3-5-7-14/h3-7,9-11,22H,8H2,1-2H3/b21-20-. The van der Waals surface area contributed by atoms with Crippen molar-refractivity contribution in [3.8, 4) is 0 Å². The number of rotatable bonds is 2. The fraction of sp³-hybridized carbons (Fsp3) is 0.150. The summed E-state index contributed by atoms with van der Waals surface area (Å²) in [6.45, 7) is 4.05. The van der Waals surface area contributed by atoms with Crippen LogP contribution in [0.4, 0.5) is 0 Å². The molecule has 0 saturated heterocycles. The summed E-state index contributed by atoms with van der Waals surface area (Å²) in [5, 5.41) is 14.8. The van der Waals surface area contributed by atoms with Crippen LogP contribution in [-0.4, -0.2) is 5.21 Å². The molecule has 1 N–H and O–H groups in total. The van der Waals surface area contributed by atoms with Gasteiger partial charge in [0.1, 0.15) is 11.2 Å². The minimum atomic E-state index is 0.242. The molecule has 0 aliphatic rings. The van der Waals surface area contributed by atoms with Crippen LogP contribution in [0.1, 0.15) is 22.3 Å². The summed E-state index contributed by atoms with van der Waals surface area (Å²) in [7, 11) is 0. The first-order chi connectivity index (χ1) is 11.7. The number of hydrogen-bond donors (Lipinski definition) is 1. The van der Waals surface area contributed by atoms with Crippen molar-refractivity contribution in [2.24, 2.45) is 5.16 Å². The maximum atomic E-state index is 9.41. The molecule has 0 atom stereocenters. The first-order valence-electron chi connectivity index (χ1n) is 7.83. The van der Waals surface area contributed by atoms with E-state index in [0.29, 0.717) is 12.0 Å². The zero-order valence-electron chi connectivity index (χ0n) is 13.5. The van der Waals surface area contributed by atoms with E-state index in [0.717, 1.165) is 38.6 Å². The van der Waals surface area contributed by atoms with Gasteiger partial charge in [0.25, 0.3) is 5.55 Å². The SMILES string of the molecule is Cc1coc2cc3o/c(=N\O)c(Cc4ccccc4)c(C)c3cc12. The largest absolute Gasteiger partial charge is 0.464 e. The first-order valence-corrected chi connectivity index (χ1v) is 7.83. The fourth-order valence-electron chi connectivity index (χ4n) is 3.14. The summed E-state index contributed by atoms with van der Waals surface area (Å²) in [4.78, 5) is 0. The number of hydrogen-bond acceptors (Lipinski definition) is 4. The third-order valence-electron chi connectivity index (χ3n) is 4.51. The van der Waals surface area contributed by atoms with Crippen molar-refractivity contribution in [3.05, 3.63) is 76.5 Å². The molecule has 4 nitrogen and oxygen atoms in total. The molecular weight excluding hydrogens is 302 g/mol. The lowest BCUT2D eigenvalue weighted by atomic mass is 9.98. The second-order valence-corrected chi connectivity index (χ2v) is 6.04. The van der Waals surface area contributed by atoms with Gasteiger partial charge in [-0.05, 0) is 41.8 Å². The Kier molecular flexibility index (Phi) is 3.38. The fourth-order valence-corrected chi connectivity index (χ4v) is 3.14. The lowest BCUT2D eigenvalue weighted by molar-refractivity contribution is 0.275. The van der Waals surface area contributed by atoms with E-state index < -0.39 is 0 Å². The Morgan fingerprint density at radius 2 is 1.79 bits per heavy atom. The van der Waals surface area contributed by atoms with Crippen LogP contribution in [0.15, 0.2) is 62.7 Å². The van der Waals surface area contributed by atoms with E-state index in [-0.39, 0.29) is 5.55 Å². The maximum Gasteiger partial charge on any atom is 0.259 e. The third kappa shape index (κ3) is 2.27. The van der Waals surface area contributed by atoms with E-state index >= 15 is 0 Å². The van der Waals surface area contributed by atoms with Gasteiger partial charge >= 0.3 is 0 Å². The van der Waals surface area contributed by atoms with Gasteiger partial charge in [0.15, 0.2) is 0 Å². The van der Waals surface area contributed by atoms with Gasteiger partial charge in [-0.25, -0.2) is 0 Å². The van der Waals surface area contributed by atoms with Crippen molar-refractivity contribution in [1.29, 1.82) is 0 Å². The van der Waals surface area contributed by atoms with Gasteiger partial charge in [0.2, 0.25) is 0 Å². The van der Waals surface area contributed by atoms with Crippen LogP contribution in [0, 0.1) is 13.8 Å². The highest BCUT2D eigenvalue weighted by Crippen LogP contribution is 2.29. The van der Waals surface area contributed by atoms with Gasteiger partial charge in [0, 0.05) is 28.8 Å². The van der Waals surface area contributed by atoms with Gasteiger partial charge < -0.3 is 14.0 Å². The molecule has 0 unspecified atom stereocenters. The topological polar surface area (TPSA) is 58.9 Å². The normalized spacial score (nSPS) is 12.3. The van der Waals surface area contributed by atoms with E-state index in [4.69, 9.17) is 8.83 Å². The molecule has 0 spiro atoms. The number of benzene rings is 2. The molecule has 24 heavy (non-hydrogen) atoms. The molecule has 4 heteroatoms. The van der Waals surface area contributed by atoms with Crippen LogP contribution in [0.5, 0.6) is 0 Å². The highest BCUT2D eigenvalue weighted by molar-refractivity contribution is 5.96. The molecule has 0 radical (unpaired) electrons. The second kappa shape index (κ2) is 5.57. The lowest BCUT2D eigenvalue weighted by Gasteiger charge is -2.09. The monoisotopic (exact) mass is 319 g/mol. The molecule has 0 aliphatic heterocycles. The molecule has 2 heterocycles. The Hall–Kier alpha value is -3.01. The van der Waals surface area contributed by atoms with Gasteiger partial charge in [-0.15, -0.1) is 0 Å². The van der Waals surface area contributed by atoms with Gasteiger partial charge in [-0.2, -0.15) is 0 Å². The van der Waals surface area contributed by atoms with Crippen LogP contribution in [0.25, 0.3) is 21.9 Å².